The van der Waals surface area contributed by atoms with Crippen LogP contribution in [0.15, 0.2) is 54.6 Å². The van der Waals surface area contributed by atoms with Crippen LogP contribution in [0, 0.1) is 0 Å². The van der Waals surface area contributed by atoms with Crippen LogP contribution in [-0.4, -0.2) is 41.7 Å². The van der Waals surface area contributed by atoms with Crippen LogP contribution in [0.25, 0.3) is 0 Å². The van der Waals surface area contributed by atoms with Crippen molar-refractivity contribution in [2.45, 2.75) is 38.1 Å². The fourth-order valence-electron chi connectivity index (χ4n) is 4.43. The molecule has 1 atom stereocenters. The van der Waals surface area contributed by atoms with Crippen molar-refractivity contribution >= 4 is 35.1 Å². The first-order valence-electron chi connectivity index (χ1n) is 10.8. The first-order valence-corrected chi connectivity index (χ1v) is 10.8. The molecule has 2 fully saturated rings. The van der Waals surface area contributed by atoms with E-state index >= 15 is 0 Å². The molecule has 0 saturated carbocycles. The smallest absolute Gasteiger partial charge is 0.323 e. The van der Waals surface area contributed by atoms with Gasteiger partial charge in [0.2, 0.25) is 11.8 Å². The monoisotopic (exact) mass is 434 g/mol. The largest absolute Gasteiger partial charge is 0.325 e. The van der Waals surface area contributed by atoms with Gasteiger partial charge in [0.05, 0.1) is 11.4 Å². The molecule has 2 heterocycles. The predicted molar refractivity (Wildman–Crippen MR) is 120 cm³/mol. The van der Waals surface area contributed by atoms with Gasteiger partial charge < -0.3 is 15.5 Å². The predicted octanol–water partition coefficient (Wildman–Crippen LogP) is 3.00. The second kappa shape index (κ2) is 8.82. The zero-order valence-corrected chi connectivity index (χ0v) is 18.0. The van der Waals surface area contributed by atoms with Crippen LogP contribution in [0.1, 0.15) is 38.2 Å². The molecule has 2 aliphatic rings. The minimum atomic E-state index is -1.17. The van der Waals surface area contributed by atoms with Gasteiger partial charge in [-0.2, -0.15) is 0 Å². The van der Waals surface area contributed by atoms with Gasteiger partial charge in [0, 0.05) is 13.0 Å². The highest BCUT2D eigenvalue weighted by Crippen LogP contribution is 2.34. The fraction of sp³-hybridized carbons (Fsp3) is 0.333. The number of carbonyl (C=O) groups excluding carboxylic acids is 4. The molecule has 2 aromatic carbocycles. The third-order valence-electron chi connectivity index (χ3n) is 5.91. The third-order valence-corrected chi connectivity index (χ3v) is 5.91. The number of urea groups is 1. The number of nitrogens with zero attached hydrogens (tertiary/aromatic N) is 2. The maximum absolute atomic E-state index is 13.3. The molecule has 1 unspecified atom stereocenters. The minimum Gasteiger partial charge on any atom is -0.323 e. The molecule has 5 amide bonds. The number of para-hydroxylation sites is 2. The zero-order chi connectivity index (χ0) is 22.7. The van der Waals surface area contributed by atoms with Gasteiger partial charge in [0.1, 0.15) is 12.1 Å². The first-order chi connectivity index (χ1) is 15.5. The van der Waals surface area contributed by atoms with Gasteiger partial charge in [-0.1, -0.05) is 55.8 Å². The Morgan fingerprint density at radius 2 is 1.78 bits per heavy atom. The van der Waals surface area contributed by atoms with Crippen LogP contribution >= 0.6 is 0 Å². The topological polar surface area (TPSA) is 98.8 Å². The Bertz CT molecular complexity index is 1050. The van der Waals surface area contributed by atoms with E-state index in [4.69, 9.17) is 0 Å². The second-order valence-electron chi connectivity index (χ2n) is 8.06. The van der Waals surface area contributed by atoms with Gasteiger partial charge in [-0.25, -0.2) is 4.79 Å². The van der Waals surface area contributed by atoms with Gasteiger partial charge in [0.15, 0.2) is 0 Å². The standard InChI is InChI=1S/C24H26N4O4/c1-2-14-24(17-9-4-3-5-10-17)22(31)28(23(32)26-24)16-20(29)25-18-11-6-7-12-19(18)27-15-8-13-21(27)30/h3-7,9-12H,2,8,13-16H2,1H3,(H,25,29)(H,26,32). The minimum absolute atomic E-state index is 0.00741. The van der Waals surface area contributed by atoms with Gasteiger partial charge in [-0.3, -0.25) is 19.3 Å². The number of hydrogen-bond acceptors (Lipinski definition) is 4. The van der Waals surface area contributed by atoms with Crippen LogP contribution in [0.5, 0.6) is 0 Å². The van der Waals surface area contributed by atoms with E-state index in [2.05, 4.69) is 10.6 Å². The van der Waals surface area contributed by atoms with Crippen LogP contribution in [0.2, 0.25) is 0 Å². The van der Waals surface area contributed by atoms with Crippen molar-refractivity contribution in [3.63, 3.8) is 0 Å². The first kappa shape index (κ1) is 21.5. The number of carbonyl (C=O) groups is 4. The van der Waals surface area contributed by atoms with E-state index in [-0.39, 0.29) is 5.91 Å². The van der Waals surface area contributed by atoms with Crippen molar-refractivity contribution in [2.75, 3.05) is 23.3 Å². The normalized spacial score (nSPS) is 20.6. The molecule has 0 radical (unpaired) electrons. The molecule has 166 valence electrons. The zero-order valence-electron chi connectivity index (χ0n) is 18.0. The van der Waals surface area contributed by atoms with E-state index in [0.29, 0.717) is 42.7 Å². The summed E-state index contributed by atoms with van der Waals surface area (Å²) in [4.78, 5) is 53.6. The van der Waals surface area contributed by atoms with E-state index in [1.165, 1.54) is 0 Å². The van der Waals surface area contributed by atoms with E-state index in [1.54, 1.807) is 41.3 Å². The van der Waals surface area contributed by atoms with Crippen LogP contribution in [0.4, 0.5) is 16.2 Å². The third kappa shape index (κ3) is 3.84. The summed E-state index contributed by atoms with van der Waals surface area (Å²) in [5, 5.41) is 5.59. The van der Waals surface area contributed by atoms with Crippen LogP contribution in [-0.2, 0) is 19.9 Å². The lowest BCUT2D eigenvalue weighted by Crippen LogP contribution is -2.44. The van der Waals surface area contributed by atoms with Gasteiger partial charge >= 0.3 is 6.03 Å². The van der Waals surface area contributed by atoms with Gasteiger partial charge in [-0.05, 0) is 30.5 Å². The van der Waals surface area contributed by atoms with Crippen molar-refractivity contribution in [1.29, 1.82) is 0 Å². The van der Waals surface area contributed by atoms with Crippen molar-refractivity contribution < 1.29 is 19.2 Å². The summed E-state index contributed by atoms with van der Waals surface area (Å²) in [6, 6.07) is 15.5. The maximum atomic E-state index is 13.3. The highest BCUT2D eigenvalue weighted by molar-refractivity contribution is 6.11. The van der Waals surface area contributed by atoms with Crippen LogP contribution in [0.3, 0.4) is 0 Å². The van der Waals surface area contributed by atoms with E-state index in [1.807, 2.05) is 25.1 Å². The highest BCUT2D eigenvalue weighted by atomic mass is 16.2. The quantitative estimate of drug-likeness (QED) is 0.655. The number of anilines is 2. The second-order valence-corrected chi connectivity index (χ2v) is 8.06. The Hall–Kier alpha value is -3.68. The summed E-state index contributed by atoms with van der Waals surface area (Å²) in [5.41, 5.74) is 0.613. The highest BCUT2D eigenvalue weighted by Gasteiger charge is 2.52. The summed E-state index contributed by atoms with van der Waals surface area (Å²) in [6.45, 7) is 2.12. The Balaban J connectivity index is 1.53. The van der Waals surface area contributed by atoms with E-state index in [9.17, 15) is 19.2 Å². The molecule has 0 spiro atoms. The lowest BCUT2D eigenvalue weighted by Gasteiger charge is -2.27. The van der Waals surface area contributed by atoms with Crippen molar-refractivity contribution in [1.82, 2.24) is 10.2 Å². The van der Waals surface area contributed by atoms with Gasteiger partial charge in [0.25, 0.3) is 5.91 Å². The molecule has 0 aromatic heterocycles. The molecule has 0 aliphatic carbocycles. The molecule has 2 N–H and O–H groups in total. The average molecular weight is 434 g/mol. The molecule has 2 aliphatic heterocycles. The molecule has 8 heteroatoms. The Labute approximate surface area is 186 Å². The average Bonchev–Trinajstić information content (AvgIpc) is 3.32. The molecule has 0 bridgehead atoms. The molecule has 32 heavy (non-hydrogen) atoms. The molecular formula is C24H26N4O4. The lowest BCUT2D eigenvalue weighted by atomic mass is 9.85. The molecule has 4 rings (SSSR count). The molecule has 2 aromatic rings. The van der Waals surface area contributed by atoms with Gasteiger partial charge in [-0.15, -0.1) is 0 Å². The SMILES string of the molecule is CCCC1(c2ccccc2)NC(=O)N(CC(=O)Nc2ccccc2N2CCCC2=O)C1=O. The van der Waals surface area contributed by atoms with E-state index in [0.717, 1.165) is 11.3 Å². The fourth-order valence-corrected chi connectivity index (χ4v) is 4.43. The Morgan fingerprint density at radius 3 is 2.47 bits per heavy atom. The van der Waals surface area contributed by atoms with Crippen molar-refractivity contribution in [2.24, 2.45) is 0 Å². The van der Waals surface area contributed by atoms with Crippen molar-refractivity contribution in [3.8, 4) is 0 Å². The summed E-state index contributed by atoms with van der Waals surface area (Å²) in [6.07, 6.45) is 2.35. The maximum Gasteiger partial charge on any atom is 0.325 e. The number of nitrogens with one attached hydrogen (secondary N) is 2. The number of benzene rings is 2. The van der Waals surface area contributed by atoms with E-state index < -0.39 is 29.9 Å². The number of amides is 5. The number of hydrogen-bond donors (Lipinski definition) is 2. The molecule has 2 saturated heterocycles. The summed E-state index contributed by atoms with van der Waals surface area (Å²) in [5.74, 6) is -0.935. The molecular weight excluding hydrogens is 408 g/mol. The Morgan fingerprint density at radius 1 is 1.06 bits per heavy atom. The summed E-state index contributed by atoms with van der Waals surface area (Å²) < 4.78 is 0. The number of rotatable bonds is 7. The van der Waals surface area contributed by atoms with Crippen molar-refractivity contribution in [3.05, 3.63) is 60.2 Å². The molecule has 8 nitrogen and oxygen atoms in total. The lowest BCUT2D eigenvalue weighted by molar-refractivity contribution is -0.134. The van der Waals surface area contributed by atoms with Crippen LogP contribution < -0.4 is 15.5 Å². The number of imide groups is 1. The Kier molecular flexibility index (Phi) is 5.94. The summed E-state index contributed by atoms with van der Waals surface area (Å²) >= 11 is 0. The summed E-state index contributed by atoms with van der Waals surface area (Å²) in [7, 11) is 0.